The number of nitrogens with zero attached hydrogens (tertiary/aromatic N) is 1. The van der Waals surface area contributed by atoms with E-state index in [1.54, 1.807) is 0 Å². The van der Waals surface area contributed by atoms with E-state index in [1.165, 1.54) is 36.5 Å². The molecule has 1 atom stereocenters. The Labute approximate surface area is 125 Å². The molecule has 0 aromatic heterocycles. The van der Waals surface area contributed by atoms with Gasteiger partial charge in [-0.15, -0.1) is 0 Å². The fourth-order valence-corrected chi connectivity index (χ4v) is 4.19. The summed E-state index contributed by atoms with van der Waals surface area (Å²) in [7, 11) is 0. The normalized spacial score (nSPS) is 20.6. The van der Waals surface area contributed by atoms with Crippen LogP contribution in [0.4, 0.5) is 5.69 Å². The molecule has 94 valence electrons. The van der Waals surface area contributed by atoms with Gasteiger partial charge >= 0.3 is 0 Å². The van der Waals surface area contributed by atoms with E-state index in [-0.39, 0.29) is 0 Å². The minimum Gasteiger partial charge on any atom is -0.369 e. The van der Waals surface area contributed by atoms with Crippen LogP contribution in [0.15, 0.2) is 22.7 Å². The molecule has 0 spiro atoms. The van der Waals surface area contributed by atoms with Gasteiger partial charge in [0.2, 0.25) is 0 Å². The van der Waals surface area contributed by atoms with Crippen molar-refractivity contribution < 1.29 is 0 Å². The summed E-state index contributed by atoms with van der Waals surface area (Å²) in [5, 5.41) is 1.71. The van der Waals surface area contributed by atoms with Gasteiger partial charge < -0.3 is 4.90 Å². The van der Waals surface area contributed by atoms with Gasteiger partial charge in [0, 0.05) is 39.6 Å². The summed E-state index contributed by atoms with van der Waals surface area (Å²) in [6.07, 6.45) is 1.27. The van der Waals surface area contributed by atoms with Crippen molar-refractivity contribution in [2.24, 2.45) is 0 Å². The van der Waals surface area contributed by atoms with Gasteiger partial charge in [-0.25, -0.2) is 0 Å². The molecule has 2 rings (SSSR count). The maximum Gasteiger partial charge on any atom is 0.0408 e. The molecule has 0 bridgehead atoms. The van der Waals surface area contributed by atoms with Crippen molar-refractivity contribution in [3.8, 4) is 0 Å². The van der Waals surface area contributed by atoms with Gasteiger partial charge in [-0.05, 0) is 30.2 Å². The first-order valence-electron chi connectivity index (χ1n) is 5.95. The van der Waals surface area contributed by atoms with E-state index in [9.17, 15) is 0 Å². The number of alkyl halides is 1. The molecule has 1 nitrogen and oxygen atoms in total. The van der Waals surface area contributed by atoms with Crippen LogP contribution >= 0.6 is 43.6 Å². The Hall–Kier alpha value is 0.330. The zero-order valence-electron chi connectivity index (χ0n) is 9.96. The Balaban J connectivity index is 2.20. The standard InChI is InChI=1S/C13H17Br2NS/c1-2-12-9-16(5-6-17-12)13-4-3-11(15)7-10(13)8-14/h3-4,7,12H,2,5-6,8-9H2,1H3. The first kappa shape index (κ1) is 13.8. The molecular formula is C13H17Br2NS. The Morgan fingerprint density at radius 1 is 1.47 bits per heavy atom. The van der Waals surface area contributed by atoms with Gasteiger partial charge in [0.15, 0.2) is 0 Å². The third kappa shape index (κ3) is 3.42. The molecular weight excluding hydrogens is 362 g/mol. The van der Waals surface area contributed by atoms with Crippen molar-refractivity contribution in [3.63, 3.8) is 0 Å². The van der Waals surface area contributed by atoms with E-state index in [4.69, 9.17) is 0 Å². The summed E-state index contributed by atoms with van der Waals surface area (Å²) in [5.74, 6) is 1.25. The van der Waals surface area contributed by atoms with Crippen molar-refractivity contribution in [1.82, 2.24) is 0 Å². The van der Waals surface area contributed by atoms with Crippen molar-refractivity contribution in [2.75, 3.05) is 23.7 Å². The lowest BCUT2D eigenvalue weighted by Gasteiger charge is -2.34. The van der Waals surface area contributed by atoms with Crippen LogP contribution in [0, 0.1) is 0 Å². The highest BCUT2D eigenvalue weighted by atomic mass is 79.9. The van der Waals surface area contributed by atoms with Crippen molar-refractivity contribution >= 4 is 49.3 Å². The molecule has 1 aromatic carbocycles. The van der Waals surface area contributed by atoms with E-state index in [2.05, 4.69) is 73.6 Å². The van der Waals surface area contributed by atoms with Crippen molar-refractivity contribution in [2.45, 2.75) is 23.9 Å². The second-order valence-electron chi connectivity index (χ2n) is 4.25. The molecule has 0 radical (unpaired) electrons. The highest BCUT2D eigenvalue weighted by molar-refractivity contribution is 9.10. The molecule has 1 aliphatic heterocycles. The Bertz CT molecular complexity index is 384. The first-order chi connectivity index (χ1) is 8.24. The predicted octanol–water partition coefficient (Wildman–Crippen LogP) is 4.68. The topological polar surface area (TPSA) is 3.24 Å². The minimum absolute atomic E-state index is 0.788. The third-order valence-electron chi connectivity index (χ3n) is 3.12. The van der Waals surface area contributed by atoms with Crippen LogP contribution in [-0.4, -0.2) is 24.1 Å². The van der Waals surface area contributed by atoms with Crippen LogP contribution in [0.3, 0.4) is 0 Å². The van der Waals surface area contributed by atoms with Crippen LogP contribution in [0.5, 0.6) is 0 Å². The van der Waals surface area contributed by atoms with Crippen LogP contribution in [0.2, 0.25) is 0 Å². The highest BCUT2D eigenvalue weighted by Gasteiger charge is 2.20. The Morgan fingerprint density at radius 2 is 2.29 bits per heavy atom. The Kier molecular flexibility index (Phi) is 5.25. The van der Waals surface area contributed by atoms with E-state index in [0.717, 1.165) is 15.1 Å². The molecule has 1 aromatic rings. The van der Waals surface area contributed by atoms with Gasteiger partial charge in [0.1, 0.15) is 0 Å². The summed E-state index contributed by atoms with van der Waals surface area (Å²) in [5.41, 5.74) is 2.77. The maximum absolute atomic E-state index is 3.59. The number of benzene rings is 1. The van der Waals surface area contributed by atoms with Gasteiger partial charge in [0.25, 0.3) is 0 Å². The Morgan fingerprint density at radius 3 is 3.00 bits per heavy atom. The molecule has 1 heterocycles. The first-order valence-corrected chi connectivity index (χ1v) is 8.92. The molecule has 1 unspecified atom stereocenters. The minimum atomic E-state index is 0.788. The van der Waals surface area contributed by atoms with Gasteiger partial charge in [0.05, 0.1) is 0 Å². The molecule has 0 saturated carbocycles. The average Bonchev–Trinajstić information content (AvgIpc) is 2.38. The van der Waals surface area contributed by atoms with E-state index in [0.29, 0.717) is 0 Å². The molecule has 0 aliphatic carbocycles. The monoisotopic (exact) mass is 377 g/mol. The molecule has 1 aliphatic rings. The van der Waals surface area contributed by atoms with Crippen LogP contribution in [0.1, 0.15) is 18.9 Å². The largest absolute Gasteiger partial charge is 0.369 e. The highest BCUT2D eigenvalue weighted by Crippen LogP contribution is 2.31. The van der Waals surface area contributed by atoms with Crippen LogP contribution in [0.25, 0.3) is 0 Å². The summed E-state index contributed by atoms with van der Waals surface area (Å²) < 4.78 is 1.16. The lowest BCUT2D eigenvalue weighted by molar-refractivity contribution is 0.726. The maximum atomic E-state index is 3.59. The zero-order chi connectivity index (χ0) is 12.3. The van der Waals surface area contributed by atoms with Gasteiger partial charge in [-0.2, -0.15) is 11.8 Å². The summed E-state index contributed by atoms with van der Waals surface area (Å²) in [6.45, 7) is 4.64. The fraction of sp³-hybridized carbons (Fsp3) is 0.538. The van der Waals surface area contributed by atoms with E-state index in [1.807, 2.05) is 0 Å². The number of thioether (sulfide) groups is 1. The number of hydrogen-bond acceptors (Lipinski definition) is 2. The summed E-state index contributed by atoms with van der Waals surface area (Å²) in [6, 6.07) is 6.60. The zero-order valence-corrected chi connectivity index (χ0v) is 13.9. The number of halogens is 2. The van der Waals surface area contributed by atoms with Crippen LogP contribution in [-0.2, 0) is 5.33 Å². The summed E-state index contributed by atoms with van der Waals surface area (Å²) >= 11 is 9.25. The second kappa shape index (κ2) is 6.48. The number of rotatable bonds is 3. The van der Waals surface area contributed by atoms with Crippen molar-refractivity contribution in [1.29, 1.82) is 0 Å². The molecule has 0 N–H and O–H groups in total. The molecule has 1 fully saturated rings. The SMILES string of the molecule is CCC1CN(c2ccc(Br)cc2CBr)CCS1. The second-order valence-corrected chi connectivity index (χ2v) is 7.14. The average molecular weight is 379 g/mol. The third-order valence-corrected chi connectivity index (χ3v) is 5.59. The lowest BCUT2D eigenvalue weighted by atomic mass is 10.1. The fourth-order valence-electron chi connectivity index (χ4n) is 2.15. The quantitative estimate of drug-likeness (QED) is 0.702. The molecule has 1 saturated heterocycles. The lowest BCUT2D eigenvalue weighted by Crippen LogP contribution is -2.38. The van der Waals surface area contributed by atoms with Crippen LogP contribution < -0.4 is 4.90 Å². The smallest absolute Gasteiger partial charge is 0.0408 e. The molecule has 4 heteroatoms. The molecule has 0 amide bonds. The number of hydrogen-bond donors (Lipinski definition) is 0. The summed E-state index contributed by atoms with van der Waals surface area (Å²) in [4.78, 5) is 2.54. The van der Waals surface area contributed by atoms with Crippen molar-refractivity contribution in [3.05, 3.63) is 28.2 Å². The molecule has 17 heavy (non-hydrogen) atoms. The van der Waals surface area contributed by atoms with Gasteiger partial charge in [-0.1, -0.05) is 38.8 Å². The predicted molar refractivity (Wildman–Crippen MR) is 85.5 cm³/mol. The number of anilines is 1. The van der Waals surface area contributed by atoms with Gasteiger partial charge in [-0.3, -0.25) is 0 Å². The van der Waals surface area contributed by atoms with E-state index >= 15 is 0 Å². The van der Waals surface area contributed by atoms with E-state index < -0.39 is 0 Å².